The van der Waals surface area contributed by atoms with E-state index in [2.05, 4.69) is 20.7 Å². The molecule has 0 spiro atoms. The normalized spacial score (nSPS) is 19.7. The molecule has 2 aromatic heterocycles. The number of ether oxygens (including phenoxy) is 1. The second-order valence-electron chi connectivity index (χ2n) is 15.8. The van der Waals surface area contributed by atoms with Gasteiger partial charge in [0, 0.05) is 107 Å². The molecule has 0 saturated carbocycles. The van der Waals surface area contributed by atoms with E-state index in [0.29, 0.717) is 92.6 Å². The van der Waals surface area contributed by atoms with Gasteiger partial charge in [0.2, 0.25) is 5.91 Å². The van der Waals surface area contributed by atoms with Crippen molar-refractivity contribution in [2.45, 2.75) is 26.3 Å². The summed E-state index contributed by atoms with van der Waals surface area (Å²) in [5.74, 6) is -3.61. The summed E-state index contributed by atoms with van der Waals surface area (Å²) in [6.45, 7) is 8.02. The minimum Gasteiger partial charge on any atom is -0.477 e. The molecule has 7 rings (SSSR count). The first-order valence-electron chi connectivity index (χ1n) is 19.8. The Morgan fingerprint density at radius 1 is 1.00 bits per heavy atom. The lowest BCUT2D eigenvalue weighted by molar-refractivity contribution is -0.929. The first-order valence-corrected chi connectivity index (χ1v) is 20.1. The Hall–Kier alpha value is -5.23. The third kappa shape index (κ3) is 8.88. The number of amides is 3. The summed E-state index contributed by atoms with van der Waals surface area (Å²) in [7, 11) is 3.08. The lowest BCUT2D eigenvalue weighted by Gasteiger charge is -2.46. The Kier molecular flexibility index (Phi) is 12.5. The fourth-order valence-corrected chi connectivity index (χ4v) is 8.76. The number of quaternary nitrogens is 1. The molecule has 0 aliphatic carbocycles. The second-order valence-corrected chi connectivity index (χ2v) is 16.2. The molecule has 3 aliphatic heterocycles. The molecule has 3 N–H and O–H groups in total. The molecular weight excluding hydrogens is 788 g/mol. The predicted octanol–water partition coefficient (Wildman–Crippen LogP) is 3.90. The third-order valence-electron chi connectivity index (χ3n) is 11.9. The number of aliphatic carboxylic acids is 1. The number of piperidine rings is 1. The number of methoxy groups -OCH3 is 1. The molecule has 18 heteroatoms. The molecule has 314 valence electrons. The molecule has 2 aromatic carbocycles. The number of benzene rings is 2. The number of rotatable bonds is 13. The SMILES string of the molecule is COCCn1cc(-c2ccc(-c3cnc(C(=O)Nc4ccc(C(=O)N5CCN(C(=O)[C@H]6CC[N@@+](CC(=O)O)(CC7CNC7)CC6)CC5)c(Cl)c4)n3C)c(F)c2F)c(C)n1. The molecule has 0 bridgehead atoms. The van der Waals surface area contributed by atoms with Crippen LogP contribution in [0, 0.1) is 30.4 Å². The van der Waals surface area contributed by atoms with Crippen LogP contribution in [-0.2, 0) is 27.9 Å². The van der Waals surface area contributed by atoms with Crippen molar-refractivity contribution in [2.75, 3.05) is 84.5 Å². The van der Waals surface area contributed by atoms with E-state index in [4.69, 9.17) is 16.3 Å². The van der Waals surface area contributed by atoms with Crippen molar-refractivity contribution in [3.63, 3.8) is 0 Å². The van der Waals surface area contributed by atoms with Crippen LogP contribution < -0.4 is 10.6 Å². The molecule has 3 amide bonds. The highest BCUT2D eigenvalue weighted by molar-refractivity contribution is 6.34. The number of carboxylic acids is 1. The van der Waals surface area contributed by atoms with Gasteiger partial charge in [0.25, 0.3) is 11.8 Å². The van der Waals surface area contributed by atoms with Crippen molar-refractivity contribution in [2.24, 2.45) is 18.9 Å². The van der Waals surface area contributed by atoms with Gasteiger partial charge in [-0.3, -0.25) is 19.1 Å². The van der Waals surface area contributed by atoms with Crippen molar-refractivity contribution in [3.8, 4) is 22.4 Å². The van der Waals surface area contributed by atoms with Crippen LogP contribution in [0.4, 0.5) is 14.5 Å². The number of imidazole rings is 1. The number of nitrogens with one attached hydrogen (secondary N) is 2. The summed E-state index contributed by atoms with van der Waals surface area (Å²) in [6.07, 6.45) is 4.21. The maximum atomic E-state index is 15.6. The highest BCUT2D eigenvalue weighted by atomic mass is 35.5. The number of likely N-dealkylation sites (tertiary alicyclic amines) is 1. The number of carbonyl (C=O) groups excluding carboxylic acids is 3. The quantitative estimate of drug-likeness (QED) is 0.170. The van der Waals surface area contributed by atoms with Crippen molar-refractivity contribution >= 4 is 41.0 Å². The number of aromatic nitrogens is 4. The highest BCUT2D eigenvalue weighted by Gasteiger charge is 2.42. The van der Waals surface area contributed by atoms with Crippen molar-refractivity contribution < 1.29 is 42.3 Å². The number of carbonyl (C=O) groups is 4. The van der Waals surface area contributed by atoms with Gasteiger partial charge in [-0.15, -0.1) is 0 Å². The highest BCUT2D eigenvalue weighted by Crippen LogP contribution is 2.34. The zero-order valence-electron chi connectivity index (χ0n) is 33.3. The Bertz CT molecular complexity index is 2240. The van der Waals surface area contributed by atoms with Crippen LogP contribution in [0.5, 0.6) is 0 Å². The molecule has 5 heterocycles. The van der Waals surface area contributed by atoms with E-state index in [-0.39, 0.29) is 57.5 Å². The van der Waals surface area contributed by atoms with Crippen LogP contribution in [0.1, 0.15) is 39.5 Å². The van der Waals surface area contributed by atoms with E-state index in [0.717, 1.165) is 19.6 Å². The zero-order chi connectivity index (χ0) is 42.0. The van der Waals surface area contributed by atoms with E-state index in [9.17, 15) is 24.3 Å². The number of hydrogen-bond donors (Lipinski definition) is 3. The maximum Gasteiger partial charge on any atom is 0.359 e. The summed E-state index contributed by atoms with van der Waals surface area (Å²) in [4.78, 5) is 59.7. The number of piperazine rings is 1. The van der Waals surface area contributed by atoms with E-state index < -0.39 is 23.5 Å². The standard InChI is InChI=1S/C41H48ClF2N9O6/c1-25-32(22-52(48-25)14-17-59-3)29-6-7-31(37(44)36(29)43)34-21-46-38(49(34)2)39(56)47-28-4-5-30(33(42)18-28)41(58)51-12-10-50(11-13-51)40(57)27-8-15-53(16-9-27,24-35(54)55)23-26-19-45-20-26/h4-7,18,21-22,26-27,45H,8-17,19-20,23-24H2,1-3H3,(H-,47,54,55,56,58)/p+1/t27-,53-. The average molecular weight is 837 g/mol. The Morgan fingerprint density at radius 3 is 2.32 bits per heavy atom. The van der Waals surface area contributed by atoms with Crippen LogP contribution in [0.2, 0.25) is 5.02 Å². The molecule has 0 atom stereocenters. The van der Waals surface area contributed by atoms with Crippen molar-refractivity contribution in [1.82, 2.24) is 34.4 Å². The lowest BCUT2D eigenvalue weighted by Crippen LogP contribution is -2.62. The fraction of sp³-hybridized carbons (Fsp3) is 0.463. The second kappa shape index (κ2) is 17.6. The molecule has 3 saturated heterocycles. The van der Waals surface area contributed by atoms with E-state index in [1.165, 1.54) is 42.1 Å². The molecule has 3 fully saturated rings. The van der Waals surface area contributed by atoms with E-state index >= 15 is 8.78 Å². The molecule has 4 aromatic rings. The van der Waals surface area contributed by atoms with Crippen molar-refractivity contribution in [1.29, 1.82) is 0 Å². The molecule has 0 radical (unpaired) electrons. The Labute approximate surface area is 345 Å². The third-order valence-corrected chi connectivity index (χ3v) is 12.2. The predicted molar refractivity (Wildman–Crippen MR) is 215 cm³/mol. The van der Waals surface area contributed by atoms with Crippen LogP contribution in [0.3, 0.4) is 0 Å². The largest absolute Gasteiger partial charge is 0.477 e. The van der Waals surface area contributed by atoms with Gasteiger partial charge in [0.05, 0.1) is 61.0 Å². The van der Waals surface area contributed by atoms with Gasteiger partial charge >= 0.3 is 5.97 Å². The molecular formula is C41H49ClF2N9O6+. The number of anilines is 1. The van der Waals surface area contributed by atoms with Gasteiger partial charge in [-0.25, -0.2) is 18.6 Å². The molecule has 0 unspecified atom stereocenters. The molecule has 3 aliphatic rings. The van der Waals surface area contributed by atoms with Gasteiger partial charge < -0.3 is 39.3 Å². The molecule has 59 heavy (non-hydrogen) atoms. The van der Waals surface area contributed by atoms with Crippen LogP contribution in [0.15, 0.2) is 42.7 Å². The molecule has 15 nitrogen and oxygen atoms in total. The van der Waals surface area contributed by atoms with Gasteiger partial charge in [0.1, 0.15) is 0 Å². The lowest BCUT2D eigenvalue weighted by atomic mass is 9.90. The number of halogens is 3. The first-order chi connectivity index (χ1) is 28.3. The van der Waals surface area contributed by atoms with Crippen molar-refractivity contribution in [3.05, 3.63) is 76.5 Å². The van der Waals surface area contributed by atoms with Gasteiger partial charge in [-0.2, -0.15) is 5.10 Å². The van der Waals surface area contributed by atoms with Gasteiger partial charge in [-0.1, -0.05) is 17.7 Å². The van der Waals surface area contributed by atoms with Crippen LogP contribution in [0.25, 0.3) is 22.4 Å². The van der Waals surface area contributed by atoms with Crippen LogP contribution in [-0.4, -0.2) is 142 Å². The van der Waals surface area contributed by atoms with E-state index in [1.807, 2.05) is 0 Å². The smallest absolute Gasteiger partial charge is 0.359 e. The number of hydrogen-bond acceptors (Lipinski definition) is 8. The average Bonchev–Trinajstić information content (AvgIpc) is 3.77. The Balaban J connectivity index is 0.939. The summed E-state index contributed by atoms with van der Waals surface area (Å²) < 4.78 is 39.6. The van der Waals surface area contributed by atoms with Gasteiger partial charge in [0.15, 0.2) is 24.0 Å². The summed E-state index contributed by atoms with van der Waals surface area (Å²) in [5.41, 5.74) is 1.67. The first kappa shape index (κ1) is 41.9. The topological polar surface area (TPSA) is 164 Å². The summed E-state index contributed by atoms with van der Waals surface area (Å²) >= 11 is 6.58. The monoisotopic (exact) mass is 836 g/mol. The number of carboxylic acid groups (broad SMARTS) is 1. The minimum absolute atomic E-state index is 0.0530. The fourth-order valence-electron chi connectivity index (χ4n) is 8.50. The summed E-state index contributed by atoms with van der Waals surface area (Å²) in [6, 6.07) is 7.43. The number of aryl methyl sites for hydroxylation is 1. The zero-order valence-corrected chi connectivity index (χ0v) is 34.1. The van der Waals surface area contributed by atoms with Gasteiger partial charge in [-0.05, 0) is 31.2 Å². The number of nitrogens with zero attached hydrogens (tertiary/aromatic N) is 7. The summed E-state index contributed by atoms with van der Waals surface area (Å²) in [5, 5.41) is 20.0. The van der Waals surface area contributed by atoms with Crippen LogP contribution >= 0.6 is 11.6 Å². The Morgan fingerprint density at radius 2 is 1.68 bits per heavy atom. The maximum absolute atomic E-state index is 15.6. The minimum atomic E-state index is -1.09. The van der Waals surface area contributed by atoms with E-state index in [1.54, 1.807) is 40.8 Å².